The summed E-state index contributed by atoms with van der Waals surface area (Å²) in [6.07, 6.45) is 4.92. The fraction of sp³-hybridized carbons (Fsp3) is 0.375. The number of aromatic nitrogens is 3. The predicted molar refractivity (Wildman–Crippen MR) is 244 cm³/mol. The molecule has 1 aliphatic heterocycles. The van der Waals surface area contributed by atoms with E-state index in [0.717, 1.165) is 77.3 Å². The fourth-order valence-electron chi connectivity index (χ4n) is 7.83. The molecule has 3 heterocycles. The number of amides is 5. The molecule has 2 unspecified atom stereocenters. The van der Waals surface area contributed by atoms with Crippen LogP contribution < -0.4 is 21.7 Å². The van der Waals surface area contributed by atoms with Crippen LogP contribution in [0.2, 0.25) is 0 Å². The van der Waals surface area contributed by atoms with Gasteiger partial charge in [0.1, 0.15) is 36.5 Å². The molecule has 0 bridgehead atoms. The van der Waals surface area contributed by atoms with E-state index in [4.69, 9.17) is 15.5 Å². The molecule has 1 aliphatic rings. The largest absolute Gasteiger partial charge is 0.465 e. The highest BCUT2D eigenvalue weighted by molar-refractivity contribution is 6.13. The molecular formula is C48H58N9O7+. The summed E-state index contributed by atoms with van der Waals surface area (Å²) in [6.45, 7) is 9.24. The summed E-state index contributed by atoms with van der Waals surface area (Å²) in [4.78, 5) is 85.3. The molecule has 6 rings (SSSR count). The molecule has 0 radical (unpaired) electrons. The lowest BCUT2D eigenvalue weighted by Gasteiger charge is -2.30. The summed E-state index contributed by atoms with van der Waals surface area (Å²) in [5, 5.41) is 9.07. The molecule has 5 amide bonds. The van der Waals surface area contributed by atoms with E-state index in [1.807, 2.05) is 30.3 Å². The number of pyridine rings is 1. The van der Waals surface area contributed by atoms with E-state index in [-0.39, 0.29) is 18.9 Å². The third-order valence-electron chi connectivity index (χ3n) is 11.2. The van der Waals surface area contributed by atoms with Gasteiger partial charge < -0.3 is 35.5 Å². The number of hydrogen-bond donors (Lipinski definition) is 4. The van der Waals surface area contributed by atoms with Gasteiger partial charge in [-0.15, -0.1) is 0 Å². The van der Waals surface area contributed by atoms with E-state index in [1.54, 1.807) is 32.9 Å². The number of nitrogens with one attached hydrogen (secondary N) is 3. The second kappa shape index (κ2) is 20.1. The Morgan fingerprint density at radius 2 is 1.45 bits per heavy atom. The molecule has 0 fully saturated rings. The van der Waals surface area contributed by atoms with E-state index in [2.05, 4.69) is 70.8 Å². The van der Waals surface area contributed by atoms with Gasteiger partial charge in [0.2, 0.25) is 17.7 Å². The Bertz CT molecular complexity index is 2580. The van der Waals surface area contributed by atoms with Crippen LogP contribution in [0.15, 0.2) is 78.9 Å². The Morgan fingerprint density at radius 3 is 2.06 bits per heavy atom. The van der Waals surface area contributed by atoms with Gasteiger partial charge in [-0.3, -0.25) is 28.9 Å². The second-order valence-corrected chi connectivity index (χ2v) is 17.3. The zero-order chi connectivity index (χ0) is 46.3. The van der Waals surface area contributed by atoms with Crippen LogP contribution in [0.1, 0.15) is 79.8 Å². The number of fused-ring (bicyclic) bond motifs is 3. The number of quaternary nitrogens is 1. The predicted octanol–water partition coefficient (Wildman–Crippen LogP) is 5.02. The second-order valence-electron chi connectivity index (χ2n) is 17.3. The normalized spacial score (nSPS) is 13.7. The first-order valence-electron chi connectivity index (χ1n) is 21.6. The third-order valence-corrected chi connectivity index (χ3v) is 11.2. The van der Waals surface area contributed by atoms with Crippen LogP contribution >= 0.6 is 0 Å². The number of carbonyl (C=O) groups excluding carboxylic acids is 6. The zero-order valence-electron chi connectivity index (χ0n) is 37.6. The van der Waals surface area contributed by atoms with Crippen molar-refractivity contribution in [2.45, 2.75) is 85.1 Å². The summed E-state index contributed by atoms with van der Waals surface area (Å²) in [7, 11) is 5.69. The van der Waals surface area contributed by atoms with Crippen LogP contribution in [-0.4, -0.2) is 99.3 Å². The first-order valence-corrected chi connectivity index (χ1v) is 21.6. The summed E-state index contributed by atoms with van der Waals surface area (Å²) in [6, 6.07) is 19.7. The van der Waals surface area contributed by atoms with Crippen molar-refractivity contribution < 1.29 is 38.0 Å². The van der Waals surface area contributed by atoms with E-state index in [1.165, 1.54) is 12.7 Å². The van der Waals surface area contributed by atoms with Gasteiger partial charge in [0.15, 0.2) is 5.82 Å². The fourth-order valence-corrected chi connectivity index (χ4v) is 7.83. The van der Waals surface area contributed by atoms with Crippen molar-refractivity contribution in [2.24, 2.45) is 5.92 Å². The Hall–Kier alpha value is -6.94. The van der Waals surface area contributed by atoms with Gasteiger partial charge in [0, 0.05) is 60.3 Å². The van der Waals surface area contributed by atoms with E-state index in [9.17, 15) is 28.8 Å². The minimum absolute atomic E-state index is 0.101. The summed E-state index contributed by atoms with van der Waals surface area (Å²) in [5.41, 5.74) is 13.0. The number of unbranched alkanes of at least 4 members (excludes halogenated alkanes) is 1. The summed E-state index contributed by atoms with van der Waals surface area (Å²) >= 11 is 0. The highest BCUT2D eigenvalue weighted by Gasteiger charge is 2.29. The number of imide groups is 1. The zero-order valence-corrected chi connectivity index (χ0v) is 37.6. The van der Waals surface area contributed by atoms with Crippen molar-refractivity contribution >= 4 is 68.9 Å². The molecule has 0 spiro atoms. The van der Waals surface area contributed by atoms with Crippen LogP contribution in [0.5, 0.6) is 0 Å². The standard InChI is InChI=1S/C48H57N9O7/c1-8-9-10-38-53-43-44(36-20-17-34(48(63)64-7)25-37(36)52-45(43)49)56(38)26-31-11-13-32(14-12-31)27-57(5,6)28-33-15-18-35(19-16-33)51-46(61)30(4)50-47(62)42(29(2)3)54-39(58)23-24-55-40(59)21-22-41(55)60/h11-22,25,29-30,42H,8-10,23-24,26-28H2,1-7H3,(H4-,49,50,51,52,54,58,61,62)/p+1. The van der Waals surface area contributed by atoms with Crippen molar-refractivity contribution in [1.82, 2.24) is 30.1 Å². The lowest BCUT2D eigenvalue weighted by Crippen LogP contribution is -2.54. The Labute approximate surface area is 372 Å². The minimum Gasteiger partial charge on any atom is -0.465 e. The van der Waals surface area contributed by atoms with Crippen molar-refractivity contribution in [3.8, 4) is 0 Å². The van der Waals surface area contributed by atoms with Crippen molar-refractivity contribution in [3.05, 3.63) is 107 Å². The topological polar surface area (TPSA) is 208 Å². The minimum atomic E-state index is -0.929. The average molecular weight is 873 g/mol. The molecule has 16 nitrogen and oxygen atoms in total. The molecule has 0 saturated carbocycles. The SMILES string of the molecule is CCCCc1nc2c(N)nc3cc(C(=O)OC)ccc3c2n1Cc1ccc(C[N+](C)(C)Cc2ccc(NC(=O)C(C)NC(=O)C(NC(=O)CCN3C(=O)C=CC3=O)C(C)C)cc2)cc1. The van der Waals surface area contributed by atoms with E-state index < -0.39 is 47.6 Å². The molecule has 2 atom stereocenters. The third kappa shape index (κ3) is 11.2. The Morgan fingerprint density at radius 1 is 0.828 bits per heavy atom. The number of benzene rings is 3. The number of aryl methyl sites for hydroxylation is 1. The van der Waals surface area contributed by atoms with Gasteiger partial charge in [-0.25, -0.2) is 14.8 Å². The van der Waals surface area contributed by atoms with Crippen LogP contribution in [0.25, 0.3) is 21.9 Å². The number of rotatable bonds is 19. The van der Waals surface area contributed by atoms with Crippen LogP contribution in [0, 0.1) is 5.92 Å². The van der Waals surface area contributed by atoms with Crippen LogP contribution in [0.3, 0.4) is 0 Å². The molecule has 0 saturated heterocycles. The van der Waals surface area contributed by atoms with E-state index >= 15 is 0 Å². The monoisotopic (exact) mass is 872 g/mol. The van der Waals surface area contributed by atoms with Crippen molar-refractivity contribution in [3.63, 3.8) is 0 Å². The maximum absolute atomic E-state index is 13.2. The number of hydrogen-bond acceptors (Lipinski definition) is 10. The summed E-state index contributed by atoms with van der Waals surface area (Å²) < 4.78 is 7.82. The van der Waals surface area contributed by atoms with Crippen LogP contribution in [0.4, 0.5) is 11.5 Å². The summed E-state index contributed by atoms with van der Waals surface area (Å²) in [5.74, 6) is -1.89. The number of esters is 1. The molecule has 336 valence electrons. The Balaban J connectivity index is 1.04. The van der Waals surface area contributed by atoms with Crippen molar-refractivity contribution in [2.75, 3.05) is 38.8 Å². The van der Waals surface area contributed by atoms with Gasteiger partial charge in [-0.05, 0) is 55.2 Å². The first-order chi connectivity index (χ1) is 30.5. The molecular weight excluding hydrogens is 815 g/mol. The molecule has 5 N–H and O–H groups in total. The number of ether oxygens (including phenoxy) is 1. The molecule has 3 aromatic carbocycles. The number of methoxy groups -OCH3 is 1. The highest BCUT2D eigenvalue weighted by atomic mass is 16.5. The number of carbonyl (C=O) groups is 6. The molecule has 2 aromatic heterocycles. The number of anilines is 2. The van der Waals surface area contributed by atoms with Gasteiger partial charge in [-0.1, -0.05) is 63.6 Å². The molecule has 64 heavy (non-hydrogen) atoms. The van der Waals surface area contributed by atoms with E-state index in [0.29, 0.717) is 39.1 Å². The number of nitrogens with two attached hydrogens (primary N) is 1. The number of imidazole rings is 1. The smallest absolute Gasteiger partial charge is 0.337 e. The highest BCUT2D eigenvalue weighted by Crippen LogP contribution is 2.31. The van der Waals surface area contributed by atoms with Gasteiger partial charge in [0.05, 0.1) is 37.8 Å². The lowest BCUT2D eigenvalue weighted by molar-refractivity contribution is -0.916. The average Bonchev–Trinajstić information content (AvgIpc) is 3.79. The maximum Gasteiger partial charge on any atom is 0.337 e. The van der Waals surface area contributed by atoms with Gasteiger partial charge in [-0.2, -0.15) is 0 Å². The molecule has 5 aromatic rings. The maximum atomic E-state index is 13.2. The molecule has 0 aliphatic carbocycles. The Kier molecular flexibility index (Phi) is 14.6. The van der Waals surface area contributed by atoms with Gasteiger partial charge >= 0.3 is 5.97 Å². The number of nitrogens with zero attached hydrogens (tertiary/aromatic N) is 5. The van der Waals surface area contributed by atoms with Crippen LogP contribution in [-0.2, 0) is 54.8 Å². The van der Waals surface area contributed by atoms with Gasteiger partial charge in [0.25, 0.3) is 11.8 Å². The first kappa shape index (κ1) is 46.6. The van der Waals surface area contributed by atoms with Crippen molar-refractivity contribution in [1.29, 1.82) is 0 Å². The lowest BCUT2D eigenvalue weighted by atomic mass is 10.0. The quantitative estimate of drug-likeness (QED) is 0.0495. The molecule has 16 heteroatoms. The number of nitrogen functional groups attached to an aromatic ring is 1.